The van der Waals surface area contributed by atoms with Crippen molar-refractivity contribution in [1.82, 2.24) is 13.9 Å². The zero-order valence-corrected chi connectivity index (χ0v) is 13.4. The maximum absolute atomic E-state index is 12.6. The zero-order valence-electron chi connectivity index (χ0n) is 11.8. The second kappa shape index (κ2) is 5.82. The van der Waals surface area contributed by atoms with Gasteiger partial charge in [-0.05, 0) is 17.7 Å². The van der Waals surface area contributed by atoms with Gasteiger partial charge in [-0.1, -0.05) is 12.1 Å². The van der Waals surface area contributed by atoms with Crippen LogP contribution in [-0.4, -0.2) is 46.9 Å². The van der Waals surface area contributed by atoms with Gasteiger partial charge in [-0.25, -0.2) is 13.4 Å². The first kappa shape index (κ1) is 14.6. The second-order valence-corrected chi connectivity index (χ2v) is 8.09. The molecule has 3 rings (SSSR count). The summed E-state index contributed by atoms with van der Waals surface area (Å²) in [5.41, 5.74) is 1.93. The van der Waals surface area contributed by atoms with E-state index in [9.17, 15) is 8.42 Å². The predicted molar refractivity (Wildman–Crippen MR) is 84.7 cm³/mol. The van der Waals surface area contributed by atoms with Crippen LogP contribution in [0.3, 0.4) is 0 Å². The summed E-state index contributed by atoms with van der Waals surface area (Å²) < 4.78 is 28.6. The SMILES string of the molecule is Cn1cncc1-c1ccc(S(=O)(=O)N2CCSCC2)cc1. The topological polar surface area (TPSA) is 55.2 Å². The number of nitrogens with zero attached hydrogens (tertiary/aromatic N) is 3. The number of imidazole rings is 1. The first-order valence-corrected chi connectivity index (χ1v) is 9.33. The van der Waals surface area contributed by atoms with Gasteiger partial charge in [0.1, 0.15) is 0 Å². The maximum atomic E-state index is 12.6. The van der Waals surface area contributed by atoms with Gasteiger partial charge in [-0.2, -0.15) is 16.1 Å². The van der Waals surface area contributed by atoms with E-state index < -0.39 is 10.0 Å². The molecule has 1 aromatic carbocycles. The van der Waals surface area contributed by atoms with Crippen LogP contribution in [0, 0.1) is 0 Å². The highest BCUT2D eigenvalue weighted by Gasteiger charge is 2.25. The van der Waals surface area contributed by atoms with Crippen molar-refractivity contribution in [1.29, 1.82) is 0 Å². The van der Waals surface area contributed by atoms with Gasteiger partial charge in [0.15, 0.2) is 0 Å². The molecule has 0 unspecified atom stereocenters. The Labute approximate surface area is 129 Å². The average Bonchev–Trinajstić information content (AvgIpc) is 2.94. The van der Waals surface area contributed by atoms with Gasteiger partial charge in [0, 0.05) is 31.6 Å². The van der Waals surface area contributed by atoms with E-state index in [1.807, 2.05) is 23.7 Å². The number of benzene rings is 1. The van der Waals surface area contributed by atoms with Gasteiger partial charge >= 0.3 is 0 Å². The summed E-state index contributed by atoms with van der Waals surface area (Å²) in [7, 11) is -1.45. The van der Waals surface area contributed by atoms with Crippen LogP contribution in [0.4, 0.5) is 0 Å². The van der Waals surface area contributed by atoms with Gasteiger partial charge in [0.25, 0.3) is 0 Å². The monoisotopic (exact) mass is 323 g/mol. The number of aromatic nitrogens is 2. The molecule has 7 heteroatoms. The smallest absolute Gasteiger partial charge is 0.243 e. The fourth-order valence-corrected chi connectivity index (χ4v) is 4.94. The summed E-state index contributed by atoms with van der Waals surface area (Å²) in [5, 5.41) is 0. The van der Waals surface area contributed by atoms with E-state index in [1.54, 1.807) is 40.7 Å². The molecule has 0 N–H and O–H groups in total. The molecular formula is C14H17N3O2S2. The van der Waals surface area contributed by atoms with Crippen molar-refractivity contribution >= 4 is 21.8 Å². The summed E-state index contributed by atoms with van der Waals surface area (Å²) in [5.74, 6) is 1.73. The standard InChI is InChI=1S/C14H17N3O2S2/c1-16-11-15-10-14(16)12-2-4-13(5-3-12)21(18,19)17-6-8-20-9-7-17/h2-5,10-11H,6-9H2,1H3. The van der Waals surface area contributed by atoms with E-state index in [0.29, 0.717) is 18.0 Å². The van der Waals surface area contributed by atoms with Gasteiger partial charge in [-0.15, -0.1) is 0 Å². The molecule has 2 heterocycles. The first-order chi connectivity index (χ1) is 10.1. The van der Waals surface area contributed by atoms with Crippen LogP contribution in [-0.2, 0) is 17.1 Å². The lowest BCUT2D eigenvalue weighted by atomic mass is 10.2. The molecular weight excluding hydrogens is 306 g/mol. The molecule has 5 nitrogen and oxygen atoms in total. The Kier molecular flexibility index (Phi) is 4.05. The number of sulfonamides is 1. The Morgan fingerprint density at radius 2 is 1.81 bits per heavy atom. The molecule has 1 saturated heterocycles. The van der Waals surface area contributed by atoms with Gasteiger partial charge in [-0.3, -0.25) is 0 Å². The van der Waals surface area contributed by atoms with E-state index in [2.05, 4.69) is 4.98 Å². The lowest BCUT2D eigenvalue weighted by molar-refractivity contribution is 0.443. The number of aryl methyl sites for hydroxylation is 1. The molecule has 1 aromatic heterocycles. The molecule has 0 atom stereocenters. The fraction of sp³-hybridized carbons (Fsp3) is 0.357. The molecule has 1 aliphatic heterocycles. The minimum absolute atomic E-state index is 0.361. The number of thioether (sulfide) groups is 1. The van der Waals surface area contributed by atoms with Crippen LogP contribution in [0.25, 0.3) is 11.3 Å². The maximum Gasteiger partial charge on any atom is 0.243 e. The Balaban J connectivity index is 1.88. The minimum Gasteiger partial charge on any atom is -0.334 e. The molecule has 0 aliphatic carbocycles. The van der Waals surface area contributed by atoms with Crippen molar-refractivity contribution in [3.63, 3.8) is 0 Å². The molecule has 0 bridgehead atoms. The molecule has 0 spiro atoms. The fourth-order valence-electron chi connectivity index (χ4n) is 2.37. The summed E-state index contributed by atoms with van der Waals surface area (Å²) in [6.45, 7) is 1.19. The third kappa shape index (κ3) is 2.86. The van der Waals surface area contributed by atoms with Crippen LogP contribution in [0.15, 0.2) is 41.7 Å². The normalized spacial score (nSPS) is 17.0. The molecule has 0 amide bonds. The summed E-state index contributed by atoms with van der Waals surface area (Å²) in [4.78, 5) is 4.44. The van der Waals surface area contributed by atoms with Crippen molar-refractivity contribution < 1.29 is 8.42 Å². The van der Waals surface area contributed by atoms with Crippen LogP contribution in [0.2, 0.25) is 0 Å². The average molecular weight is 323 g/mol. The minimum atomic E-state index is -3.36. The van der Waals surface area contributed by atoms with Gasteiger partial charge in [0.2, 0.25) is 10.0 Å². The molecule has 2 aromatic rings. The van der Waals surface area contributed by atoms with E-state index in [1.165, 1.54) is 0 Å². The van der Waals surface area contributed by atoms with E-state index in [-0.39, 0.29) is 0 Å². The van der Waals surface area contributed by atoms with Crippen molar-refractivity contribution in [3.05, 3.63) is 36.8 Å². The highest BCUT2D eigenvalue weighted by molar-refractivity contribution is 7.99. The number of hydrogen-bond donors (Lipinski definition) is 0. The highest BCUT2D eigenvalue weighted by Crippen LogP contribution is 2.24. The molecule has 0 radical (unpaired) electrons. The van der Waals surface area contributed by atoms with Crippen LogP contribution < -0.4 is 0 Å². The first-order valence-electron chi connectivity index (χ1n) is 6.74. The number of rotatable bonds is 3. The quantitative estimate of drug-likeness (QED) is 0.865. The molecule has 21 heavy (non-hydrogen) atoms. The largest absolute Gasteiger partial charge is 0.334 e. The molecule has 1 aliphatic rings. The lowest BCUT2D eigenvalue weighted by Crippen LogP contribution is -2.37. The molecule has 1 fully saturated rings. The Morgan fingerprint density at radius 1 is 1.14 bits per heavy atom. The van der Waals surface area contributed by atoms with Crippen LogP contribution in [0.5, 0.6) is 0 Å². The molecule has 0 saturated carbocycles. The van der Waals surface area contributed by atoms with Crippen LogP contribution in [0.1, 0.15) is 0 Å². The third-order valence-corrected chi connectivity index (χ3v) is 6.43. The second-order valence-electron chi connectivity index (χ2n) is 4.93. The summed E-state index contributed by atoms with van der Waals surface area (Å²) >= 11 is 1.80. The van der Waals surface area contributed by atoms with Crippen molar-refractivity contribution in [3.8, 4) is 11.3 Å². The lowest BCUT2D eigenvalue weighted by Gasteiger charge is -2.25. The van der Waals surface area contributed by atoms with Crippen molar-refractivity contribution in [2.24, 2.45) is 7.05 Å². The Hall–Kier alpha value is -1.31. The van der Waals surface area contributed by atoms with E-state index in [4.69, 9.17) is 0 Å². The van der Waals surface area contributed by atoms with Crippen molar-refractivity contribution in [2.45, 2.75) is 4.90 Å². The Bertz CT molecular complexity index is 717. The van der Waals surface area contributed by atoms with Crippen LogP contribution >= 0.6 is 11.8 Å². The van der Waals surface area contributed by atoms with Crippen molar-refractivity contribution in [2.75, 3.05) is 24.6 Å². The van der Waals surface area contributed by atoms with Gasteiger partial charge in [0.05, 0.1) is 23.1 Å². The van der Waals surface area contributed by atoms with E-state index in [0.717, 1.165) is 22.8 Å². The Morgan fingerprint density at radius 3 is 2.38 bits per heavy atom. The van der Waals surface area contributed by atoms with Gasteiger partial charge < -0.3 is 4.57 Å². The number of hydrogen-bond acceptors (Lipinski definition) is 4. The van der Waals surface area contributed by atoms with E-state index >= 15 is 0 Å². The summed E-state index contributed by atoms with van der Waals surface area (Å²) in [6, 6.07) is 7.03. The summed E-state index contributed by atoms with van der Waals surface area (Å²) in [6.07, 6.45) is 3.50. The predicted octanol–water partition coefficient (Wildman–Crippen LogP) is 1.82. The molecule has 112 valence electrons. The zero-order chi connectivity index (χ0) is 14.9. The third-order valence-electron chi connectivity index (χ3n) is 3.57. The highest BCUT2D eigenvalue weighted by atomic mass is 32.2.